The molecule has 0 saturated carbocycles. The van der Waals surface area contributed by atoms with Crippen molar-refractivity contribution in [3.05, 3.63) is 0 Å². The van der Waals surface area contributed by atoms with Gasteiger partial charge >= 0.3 is 5.97 Å². The van der Waals surface area contributed by atoms with E-state index in [9.17, 15) is 9.59 Å². The van der Waals surface area contributed by atoms with E-state index in [0.717, 1.165) is 0 Å². The number of carbonyl (C=O) groups excluding carboxylic acids is 2. The zero-order chi connectivity index (χ0) is 8.53. The van der Waals surface area contributed by atoms with Gasteiger partial charge in [-0.3, -0.25) is 9.59 Å². The van der Waals surface area contributed by atoms with E-state index < -0.39 is 0 Å². The maximum atomic E-state index is 10.4. The van der Waals surface area contributed by atoms with Crippen LogP contribution in [0.4, 0.5) is 0 Å². The van der Waals surface area contributed by atoms with Gasteiger partial charge in [-0.05, 0) is 0 Å². The molecule has 0 spiro atoms. The Hall–Kier alpha value is -1.10. The molecule has 11 heavy (non-hydrogen) atoms. The van der Waals surface area contributed by atoms with Gasteiger partial charge in [-0.15, -0.1) is 0 Å². The lowest BCUT2D eigenvalue weighted by atomic mass is 10.5. The van der Waals surface area contributed by atoms with Gasteiger partial charge in [0.05, 0.1) is 20.1 Å². The second-order valence-corrected chi connectivity index (χ2v) is 1.62. The number of methoxy groups -OCH3 is 1. The van der Waals surface area contributed by atoms with Gasteiger partial charge in [0.25, 0.3) is 6.47 Å². The fourth-order valence-electron chi connectivity index (χ4n) is 0.392. The Labute approximate surface area is 64.2 Å². The quantitative estimate of drug-likeness (QED) is 0.232. The molecule has 0 bridgehead atoms. The number of hydrogen-bond acceptors (Lipinski definition) is 5. The molecule has 64 valence electrons. The Kier molecular flexibility index (Phi) is 6.31. The highest BCUT2D eigenvalue weighted by molar-refractivity contribution is 5.69. The topological polar surface area (TPSA) is 61.8 Å². The highest BCUT2D eigenvalue weighted by atomic mass is 16.7. The Balaban J connectivity index is 3.01. The van der Waals surface area contributed by atoms with E-state index in [4.69, 9.17) is 4.74 Å². The van der Waals surface area contributed by atoms with Gasteiger partial charge in [-0.2, -0.15) is 0 Å². The summed E-state index contributed by atoms with van der Waals surface area (Å²) in [6.07, 6.45) is 0.165. The van der Waals surface area contributed by atoms with E-state index in [-0.39, 0.29) is 32.3 Å². The zero-order valence-electron chi connectivity index (χ0n) is 6.24. The summed E-state index contributed by atoms with van der Waals surface area (Å²) in [5.41, 5.74) is 0. The number of esters is 1. The highest BCUT2D eigenvalue weighted by Gasteiger charge is 1.98. The summed E-state index contributed by atoms with van der Waals surface area (Å²) in [5, 5.41) is 0. The van der Waals surface area contributed by atoms with Crippen LogP contribution in [0.1, 0.15) is 6.42 Å². The molecule has 0 N–H and O–H groups in total. The van der Waals surface area contributed by atoms with Gasteiger partial charge in [0.2, 0.25) is 0 Å². The van der Waals surface area contributed by atoms with Crippen molar-refractivity contribution in [1.82, 2.24) is 0 Å². The molecule has 0 radical (unpaired) electrons. The molecule has 0 aliphatic rings. The van der Waals surface area contributed by atoms with Gasteiger partial charge in [-0.1, -0.05) is 0 Å². The van der Waals surface area contributed by atoms with Crippen LogP contribution in [0.2, 0.25) is 0 Å². The highest BCUT2D eigenvalue weighted by Crippen LogP contribution is 1.85. The predicted molar refractivity (Wildman–Crippen MR) is 34.6 cm³/mol. The molecule has 0 saturated heterocycles. The van der Waals surface area contributed by atoms with Crippen LogP contribution in [-0.2, 0) is 23.8 Å². The molecule has 0 aliphatic heterocycles. The average Bonchev–Trinajstić information content (AvgIpc) is 2.04. The van der Waals surface area contributed by atoms with Crippen molar-refractivity contribution >= 4 is 12.4 Å². The minimum absolute atomic E-state index is 0.125. The molecule has 5 nitrogen and oxygen atoms in total. The summed E-state index contributed by atoms with van der Waals surface area (Å²) in [5.74, 6) is -0.351. The lowest BCUT2D eigenvalue weighted by Crippen LogP contribution is -2.07. The van der Waals surface area contributed by atoms with Crippen LogP contribution in [0.15, 0.2) is 0 Å². The lowest BCUT2D eigenvalue weighted by molar-refractivity contribution is -0.146. The first-order chi connectivity index (χ1) is 5.31. The molecule has 5 heteroatoms. The van der Waals surface area contributed by atoms with E-state index in [1.807, 2.05) is 0 Å². The molecule has 0 unspecified atom stereocenters. The second-order valence-electron chi connectivity index (χ2n) is 1.62. The minimum Gasteiger partial charge on any atom is -0.469 e. The molecule has 0 aromatic rings. The van der Waals surface area contributed by atoms with E-state index in [1.54, 1.807) is 0 Å². The molecule has 0 fully saturated rings. The fourth-order valence-corrected chi connectivity index (χ4v) is 0.392. The van der Waals surface area contributed by atoms with Crippen molar-refractivity contribution < 1.29 is 23.8 Å². The molecular formula is C6H10O5. The van der Waals surface area contributed by atoms with Gasteiger partial charge in [0.15, 0.2) is 6.79 Å². The summed E-state index contributed by atoms with van der Waals surface area (Å²) >= 11 is 0. The average molecular weight is 162 g/mol. The molecule has 0 aliphatic carbocycles. The Bertz CT molecular complexity index is 122. The van der Waals surface area contributed by atoms with E-state index in [0.29, 0.717) is 0 Å². The fraction of sp³-hybridized carbons (Fsp3) is 0.667. The second kappa shape index (κ2) is 7.01. The van der Waals surface area contributed by atoms with E-state index in [2.05, 4.69) is 9.47 Å². The van der Waals surface area contributed by atoms with Crippen LogP contribution in [-0.4, -0.2) is 33.0 Å². The summed E-state index contributed by atoms with van der Waals surface area (Å²) in [6, 6.07) is 0. The molecule has 0 aromatic carbocycles. The lowest BCUT2D eigenvalue weighted by Gasteiger charge is -2.00. The third-order valence-corrected chi connectivity index (χ3v) is 0.898. The van der Waals surface area contributed by atoms with Gasteiger partial charge in [-0.25, -0.2) is 0 Å². The molecule has 0 rings (SSSR count). The number of ether oxygens (including phenoxy) is 3. The van der Waals surface area contributed by atoms with Crippen molar-refractivity contribution in [2.45, 2.75) is 6.42 Å². The molecule has 0 amide bonds. The molecule has 0 aromatic heterocycles. The maximum Gasteiger partial charge on any atom is 0.307 e. The van der Waals surface area contributed by atoms with Crippen molar-refractivity contribution in [2.24, 2.45) is 0 Å². The normalized spacial score (nSPS) is 8.82. The van der Waals surface area contributed by atoms with Gasteiger partial charge in [0.1, 0.15) is 0 Å². The first-order valence-corrected chi connectivity index (χ1v) is 3.01. The van der Waals surface area contributed by atoms with Gasteiger partial charge in [0, 0.05) is 0 Å². The number of hydrogen-bond donors (Lipinski definition) is 0. The van der Waals surface area contributed by atoms with Crippen LogP contribution in [0.5, 0.6) is 0 Å². The van der Waals surface area contributed by atoms with Gasteiger partial charge < -0.3 is 14.2 Å². The van der Waals surface area contributed by atoms with Crippen molar-refractivity contribution in [2.75, 3.05) is 20.5 Å². The third kappa shape index (κ3) is 6.79. The monoisotopic (exact) mass is 162 g/mol. The van der Waals surface area contributed by atoms with Crippen LogP contribution in [0.25, 0.3) is 0 Å². The summed E-state index contributed by atoms with van der Waals surface area (Å²) in [4.78, 5) is 20.0. The Morgan fingerprint density at radius 2 is 2.27 bits per heavy atom. The van der Waals surface area contributed by atoms with Crippen LogP contribution in [0, 0.1) is 0 Å². The SMILES string of the molecule is COC(=O)CCOCOC=O. The largest absolute Gasteiger partial charge is 0.469 e. The van der Waals surface area contributed by atoms with Crippen molar-refractivity contribution in [3.8, 4) is 0 Å². The first kappa shape index (κ1) is 9.90. The molecular weight excluding hydrogens is 152 g/mol. The third-order valence-electron chi connectivity index (χ3n) is 0.898. The summed E-state index contributed by atoms with van der Waals surface area (Å²) < 4.78 is 13.2. The smallest absolute Gasteiger partial charge is 0.307 e. The zero-order valence-corrected chi connectivity index (χ0v) is 6.24. The Morgan fingerprint density at radius 3 is 2.82 bits per heavy atom. The maximum absolute atomic E-state index is 10.4. The van der Waals surface area contributed by atoms with E-state index in [1.165, 1.54) is 7.11 Å². The molecule has 0 atom stereocenters. The summed E-state index contributed by atoms with van der Waals surface area (Å²) in [6.45, 7) is 0.346. The predicted octanol–water partition coefficient (Wildman–Crippen LogP) is -0.303. The van der Waals surface area contributed by atoms with Crippen molar-refractivity contribution in [1.29, 1.82) is 0 Å². The Morgan fingerprint density at radius 1 is 1.55 bits per heavy atom. The van der Waals surface area contributed by atoms with E-state index >= 15 is 0 Å². The minimum atomic E-state index is -0.351. The number of carbonyl (C=O) groups is 2. The van der Waals surface area contributed by atoms with Crippen molar-refractivity contribution in [3.63, 3.8) is 0 Å². The standard InChI is InChI=1S/C6H10O5/c1-9-6(8)2-3-10-5-11-4-7/h4H,2-3,5H2,1H3. The summed E-state index contributed by atoms with van der Waals surface area (Å²) in [7, 11) is 1.30. The van der Waals surface area contributed by atoms with Crippen LogP contribution >= 0.6 is 0 Å². The first-order valence-electron chi connectivity index (χ1n) is 3.01. The molecule has 0 heterocycles. The van der Waals surface area contributed by atoms with Crippen LogP contribution in [0.3, 0.4) is 0 Å². The number of rotatable bonds is 6. The van der Waals surface area contributed by atoms with Crippen LogP contribution < -0.4 is 0 Å².